The first kappa shape index (κ1) is 13.4. The minimum atomic E-state index is -0.233. The molecule has 0 unspecified atom stereocenters. The number of nitrogens with zero attached hydrogens (tertiary/aromatic N) is 3. The van der Waals surface area contributed by atoms with Crippen molar-refractivity contribution in [3.63, 3.8) is 0 Å². The van der Waals surface area contributed by atoms with Gasteiger partial charge in [0.25, 0.3) is 0 Å². The number of H-pyrrole nitrogens is 1. The van der Waals surface area contributed by atoms with Crippen LogP contribution in [0, 0.1) is 18.3 Å². The SMILES string of the molecule is Cc1ccc(C#N)c(Sc2n[nH]c(=O)n2C(C)C)c1. The van der Waals surface area contributed by atoms with E-state index in [0.29, 0.717) is 10.7 Å². The summed E-state index contributed by atoms with van der Waals surface area (Å²) in [6.45, 7) is 5.80. The highest BCUT2D eigenvalue weighted by atomic mass is 32.2. The van der Waals surface area contributed by atoms with Gasteiger partial charge in [0.2, 0.25) is 0 Å². The summed E-state index contributed by atoms with van der Waals surface area (Å²) < 4.78 is 1.58. The quantitative estimate of drug-likeness (QED) is 0.933. The molecule has 1 heterocycles. The number of aromatic nitrogens is 3. The molecule has 0 spiro atoms. The molecule has 0 aliphatic rings. The summed E-state index contributed by atoms with van der Waals surface area (Å²) in [5, 5.41) is 16.1. The standard InChI is InChI=1S/C13H14N4OS/c1-8(2)17-12(18)15-16-13(17)19-11-6-9(3)4-5-10(11)7-14/h4-6,8H,1-3H3,(H,15,18). The summed E-state index contributed by atoms with van der Waals surface area (Å²) >= 11 is 1.33. The summed E-state index contributed by atoms with van der Waals surface area (Å²) in [6.07, 6.45) is 0. The largest absolute Gasteiger partial charge is 0.344 e. The van der Waals surface area contributed by atoms with Crippen LogP contribution in [-0.2, 0) is 0 Å². The Hall–Kier alpha value is -2.00. The van der Waals surface area contributed by atoms with Gasteiger partial charge in [0.1, 0.15) is 6.07 Å². The molecular weight excluding hydrogens is 260 g/mol. The second-order valence-electron chi connectivity index (χ2n) is 4.49. The molecule has 19 heavy (non-hydrogen) atoms. The van der Waals surface area contributed by atoms with Gasteiger partial charge in [-0.25, -0.2) is 9.89 Å². The van der Waals surface area contributed by atoms with E-state index in [1.807, 2.05) is 32.9 Å². The zero-order valence-corrected chi connectivity index (χ0v) is 11.8. The summed E-state index contributed by atoms with van der Waals surface area (Å²) in [7, 11) is 0. The van der Waals surface area contributed by atoms with Gasteiger partial charge in [-0.05, 0) is 50.2 Å². The van der Waals surface area contributed by atoms with Crippen LogP contribution in [0.5, 0.6) is 0 Å². The molecule has 2 aromatic rings. The highest BCUT2D eigenvalue weighted by Crippen LogP contribution is 2.30. The summed E-state index contributed by atoms with van der Waals surface area (Å²) in [6, 6.07) is 7.77. The maximum atomic E-state index is 11.7. The topological polar surface area (TPSA) is 74.5 Å². The van der Waals surface area contributed by atoms with Crippen molar-refractivity contribution in [2.45, 2.75) is 36.9 Å². The minimum absolute atomic E-state index is 0.0177. The lowest BCUT2D eigenvalue weighted by Gasteiger charge is -2.09. The lowest BCUT2D eigenvalue weighted by Crippen LogP contribution is -2.19. The zero-order valence-electron chi connectivity index (χ0n) is 11.0. The van der Waals surface area contributed by atoms with E-state index in [0.717, 1.165) is 10.5 Å². The van der Waals surface area contributed by atoms with E-state index in [4.69, 9.17) is 5.26 Å². The number of rotatable bonds is 3. The predicted molar refractivity (Wildman–Crippen MR) is 73.2 cm³/mol. The Balaban J connectivity index is 2.45. The van der Waals surface area contributed by atoms with Crippen molar-refractivity contribution in [2.75, 3.05) is 0 Å². The number of aryl methyl sites for hydroxylation is 1. The fourth-order valence-corrected chi connectivity index (χ4v) is 2.87. The monoisotopic (exact) mass is 274 g/mol. The molecular formula is C13H14N4OS. The van der Waals surface area contributed by atoms with Gasteiger partial charge in [-0.1, -0.05) is 6.07 Å². The number of aromatic amines is 1. The van der Waals surface area contributed by atoms with Crippen molar-refractivity contribution < 1.29 is 0 Å². The van der Waals surface area contributed by atoms with Gasteiger partial charge in [-0.2, -0.15) is 5.26 Å². The van der Waals surface area contributed by atoms with Gasteiger partial charge >= 0.3 is 5.69 Å². The molecule has 0 atom stereocenters. The zero-order chi connectivity index (χ0) is 14.0. The Kier molecular flexibility index (Phi) is 3.76. The van der Waals surface area contributed by atoms with E-state index < -0.39 is 0 Å². The van der Waals surface area contributed by atoms with Gasteiger partial charge in [0, 0.05) is 10.9 Å². The second kappa shape index (κ2) is 5.33. The van der Waals surface area contributed by atoms with Crippen LogP contribution in [-0.4, -0.2) is 14.8 Å². The van der Waals surface area contributed by atoms with Crippen LogP contribution in [0.25, 0.3) is 0 Å². The van der Waals surface area contributed by atoms with E-state index in [1.165, 1.54) is 11.8 Å². The van der Waals surface area contributed by atoms with Crippen molar-refractivity contribution in [3.8, 4) is 6.07 Å². The molecule has 1 N–H and O–H groups in total. The summed E-state index contributed by atoms with van der Waals surface area (Å²) in [5.74, 6) is 0. The molecule has 0 radical (unpaired) electrons. The normalized spacial score (nSPS) is 10.7. The Morgan fingerprint density at radius 1 is 1.47 bits per heavy atom. The lowest BCUT2D eigenvalue weighted by molar-refractivity contribution is 0.534. The average molecular weight is 274 g/mol. The van der Waals surface area contributed by atoms with Crippen LogP contribution in [0.1, 0.15) is 31.0 Å². The Morgan fingerprint density at radius 2 is 2.21 bits per heavy atom. The van der Waals surface area contributed by atoms with Crippen LogP contribution >= 0.6 is 11.8 Å². The van der Waals surface area contributed by atoms with E-state index in [2.05, 4.69) is 16.3 Å². The molecule has 98 valence electrons. The van der Waals surface area contributed by atoms with Crippen molar-refractivity contribution in [1.82, 2.24) is 14.8 Å². The van der Waals surface area contributed by atoms with Crippen LogP contribution < -0.4 is 5.69 Å². The van der Waals surface area contributed by atoms with Crippen molar-refractivity contribution in [1.29, 1.82) is 5.26 Å². The summed E-state index contributed by atoms with van der Waals surface area (Å²) in [4.78, 5) is 12.5. The first-order valence-corrected chi connectivity index (χ1v) is 6.70. The van der Waals surface area contributed by atoms with Gasteiger partial charge < -0.3 is 0 Å². The molecule has 0 saturated carbocycles. The van der Waals surface area contributed by atoms with E-state index in [9.17, 15) is 4.79 Å². The molecule has 0 aliphatic heterocycles. The van der Waals surface area contributed by atoms with Crippen molar-refractivity contribution in [3.05, 3.63) is 39.8 Å². The molecule has 1 aromatic heterocycles. The third-order valence-electron chi connectivity index (χ3n) is 2.65. The highest BCUT2D eigenvalue weighted by molar-refractivity contribution is 7.99. The lowest BCUT2D eigenvalue weighted by atomic mass is 10.2. The minimum Gasteiger partial charge on any atom is -0.267 e. The molecule has 0 amide bonds. The van der Waals surface area contributed by atoms with Gasteiger partial charge in [0.15, 0.2) is 5.16 Å². The maximum absolute atomic E-state index is 11.7. The number of nitrogens with one attached hydrogen (secondary N) is 1. The number of nitriles is 1. The highest BCUT2D eigenvalue weighted by Gasteiger charge is 2.14. The molecule has 6 heteroatoms. The molecule has 2 rings (SSSR count). The van der Waals surface area contributed by atoms with Crippen LogP contribution in [0.4, 0.5) is 0 Å². The van der Waals surface area contributed by atoms with Crippen LogP contribution in [0.3, 0.4) is 0 Å². The van der Waals surface area contributed by atoms with E-state index >= 15 is 0 Å². The Labute approximate surface area is 115 Å². The van der Waals surface area contributed by atoms with Crippen molar-refractivity contribution >= 4 is 11.8 Å². The first-order chi connectivity index (χ1) is 9.02. The van der Waals surface area contributed by atoms with Gasteiger partial charge in [-0.15, -0.1) is 5.10 Å². The number of benzene rings is 1. The predicted octanol–water partition coefficient (Wildman–Crippen LogP) is 2.48. The van der Waals surface area contributed by atoms with E-state index in [1.54, 1.807) is 10.6 Å². The number of hydrogen-bond donors (Lipinski definition) is 1. The third-order valence-corrected chi connectivity index (χ3v) is 3.68. The molecule has 0 fully saturated rings. The first-order valence-electron chi connectivity index (χ1n) is 5.88. The van der Waals surface area contributed by atoms with Crippen LogP contribution in [0.2, 0.25) is 0 Å². The van der Waals surface area contributed by atoms with Crippen LogP contribution in [0.15, 0.2) is 33.0 Å². The third kappa shape index (κ3) is 2.71. The van der Waals surface area contributed by atoms with Gasteiger partial charge in [0.05, 0.1) is 5.56 Å². The Bertz CT molecular complexity index is 693. The fraction of sp³-hybridized carbons (Fsp3) is 0.308. The molecule has 0 bridgehead atoms. The number of hydrogen-bond acceptors (Lipinski definition) is 4. The smallest absolute Gasteiger partial charge is 0.267 e. The second-order valence-corrected chi connectivity index (χ2v) is 5.50. The molecule has 1 aromatic carbocycles. The van der Waals surface area contributed by atoms with Crippen molar-refractivity contribution in [2.24, 2.45) is 0 Å². The van der Waals surface area contributed by atoms with Gasteiger partial charge in [-0.3, -0.25) is 4.57 Å². The molecule has 0 saturated heterocycles. The maximum Gasteiger partial charge on any atom is 0.344 e. The summed E-state index contributed by atoms with van der Waals surface area (Å²) in [5.41, 5.74) is 1.42. The molecule has 0 aliphatic carbocycles. The van der Waals surface area contributed by atoms with E-state index in [-0.39, 0.29) is 11.7 Å². The average Bonchev–Trinajstić information content (AvgIpc) is 2.71. The Morgan fingerprint density at radius 3 is 2.84 bits per heavy atom. The molecule has 5 nitrogen and oxygen atoms in total. The fourth-order valence-electron chi connectivity index (χ4n) is 1.72.